The van der Waals surface area contributed by atoms with Crippen LogP contribution in [0.4, 0.5) is 5.00 Å². The molecule has 0 unspecified atom stereocenters. The van der Waals surface area contributed by atoms with Gasteiger partial charge in [0.05, 0.1) is 23.3 Å². The highest BCUT2D eigenvalue weighted by Crippen LogP contribution is 2.34. The molecule has 0 aliphatic carbocycles. The Balaban J connectivity index is 1.70. The number of hydrogen-bond donors (Lipinski definition) is 1. The van der Waals surface area contributed by atoms with Gasteiger partial charge in [0.1, 0.15) is 17.4 Å². The summed E-state index contributed by atoms with van der Waals surface area (Å²) in [5, 5.41) is 12.0. The molecule has 38 heavy (non-hydrogen) atoms. The molecule has 3 rings (SSSR count). The molecule has 0 saturated heterocycles. The van der Waals surface area contributed by atoms with Gasteiger partial charge in [-0.2, -0.15) is 0 Å². The van der Waals surface area contributed by atoms with Crippen molar-refractivity contribution in [3.8, 4) is 5.75 Å². The van der Waals surface area contributed by atoms with E-state index in [0.29, 0.717) is 28.0 Å². The monoisotopic (exact) mass is 557 g/mol. The number of rotatable bonds is 12. The summed E-state index contributed by atoms with van der Waals surface area (Å²) in [7, 11) is 4.49. The third-order valence-electron chi connectivity index (χ3n) is 5.53. The van der Waals surface area contributed by atoms with Crippen LogP contribution in [0.5, 0.6) is 5.75 Å². The van der Waals surface area contributed by atoms with Crippen molar-refractivity contribution in [3.05, 3.63) is 64.3 Å². The molecule has 202 valence electrons. The molecule has 1 aromatic carbocycles. The summed E-state index contributed by atoms with van der Waals surface area (Å²) in [6, 6.07) is 7.87. The Morgan fingerprint density at radius 2 is 1.92 bits per heavy atom. The van der Waals surface area contributed by atoms with Crippen molar-refractivity contribution in [2.45, 2.75) is 38.6 Å². The molecular formula is C26H31N5O5S2. The van der Waals surface area contributed by atoms with E-state index >= 15 is 0 Å². The number of aryl methyl sites for hydroxylation is 1. The van der Waals surface area contributed by atoms with Gasteiger partial charge in [-0.15, -0.1) is 28.1 Å². The number of carbonyl (C=O) groups is 3. The highest BCUT2D eigenvalue weighted by molar-refractivity contribution is 7.99. The highest BCUT2D eigenvalue weighted by atomic mass is 32.2. The second kappa shape index (κ2) is 13.2. The minimum Gasteiger partial charge on any atom is -0.486 e. The van der Waals surface area contributed by atoms with E-state index in [0.717, 1.165) is 23.5 Å². The summed E-state index contributed by atoms with van der Waals surface area (Å²) >= 11 is 2.23. The molecule has 2 amide bonds. The largest absolute Gasteiger partial charge is 0.486 e. The Kier molecular flexibility index (Phi) is 10.1. The molecule has 2 aromatic heterocycles. The molecule has 12 heteroatoms. The van der Waals surface area contributed by atoms with Gasteiger partial charge in [0, 0.05) is 20.6 Å². The van der Waals surface area contributed by atoms with Crippen LogP contribution in [0, 0.1) is 6.92 Å². The number of thioether (sulfide) groups is 1. The van der Waals surface area contributed by atoms with E-state index in [1.165, 1.54) is 29.3 Å². The maximum Gasteiger partial charge on any atom is 0.341 e. The van der Waals surface area contributed by atoms with Gasteiger partial charge < -0.3 is 19.7 Å². The van der Waals surface area contributed by atoms with Gasteiger partial charge >= 0.3 is 5.97 Å². The number of nitrogens with zero attached hydrogens (tertiary/aromatic N) is 4. The van der Waals surface area contributed by atoms with Crippen molar-refractivity contribution >= 4 is 45.9 Å². The third kappa shape index (κ3) is 6.81. The lowest BCUT2D eigenvalue weighted by Gasteiger charge is -2.10. The van der Waals surface area contributed by atoms with E-state index in [9.17, 15) is 14.4 Å². The van der Waals surface area contributed by atoms with Gasteiger partial charge in [0.15, 0.2) is 11.0 Å². The second-order valence-corrected chi connectivity index (χ2v) is 10.3. The number of hydrogen-bond acceptors (Lipinski definition) is 9. The van der Waals surface area contributed by atoms with Crippen molar-refractivity contribution in [2.75, 3.05) is 32.3 Å². The highest BCUT2D eigenvalue weighted by Gasteiger charge is 2.27. The molecular weight excluding hydrogens is 526 g/mol. The fourth-order valence-electron chi connectivity index (χ4n) is 3.46. The molecule has 3 aromatic rings. The van der Waals surface area contributed by atoms with Gasteiger partial charge in [0.2, 0.25) is 5.91 Å². The van der Waals surface area contributed by atoms with E-state index in [-0.39, 0.29) is 34.7 Å². The zero-order valence-electron chi connectivity index (χ0n) is 22.1. The summed E-state index contributed by atoms with van der Waals surface area (Å²) in [5.74, 6) is 0.0701. The zero-order valence-corrected chi connectivity index (χ0v) is 23.7. The first-order valence-electron chi connectivity index (χ1n) is 11.8. The first-order chi connectivity index (χ1) is 18.2. The number of allylic oxidation sites excluding steroid dienone is 1. The predicted molar refractivity (Wildman–Crippen MR) is 148 cm³/mol. The van der Waals surface area contributed by atoms with Crippen LogP contribution in [0.1, 0.15) is 43.9 Å². The smallest absolute Gasteiger partial charge is 0.341 e. The quantitative estimate of drug-likeness (QED) is 0.200. The molecule has 10 nitrogen and oxygen atoms in total. The van der Waals surface area contributed by atoms with Crippen molar-refractivity contribution in [2.24, 2.45) is 0 Å². The number of carbonyl (C=O) groups excluding carboxylic acids is 3. The average Bonchev–Trinajstić information content (AvgIpc) is 3.45. The second-order valence-electron chi connectivity index (χ2n) is 8.37. The van der Waals surface area contributed by atoms with E-state index < -0.39 is 5.97 Å². The van der Waals surface area contributed by atoms with Crippen molar-refractivity contribution < 1.29 is 23.9 Å². The Morgan fingerprint density at radius 1 is 1.21 bits per heavy atom. The summed E-state index contributed by atoms with van der Waals surface area (Å²) in [6.45, 7) is 8.20. The van der Waals surface area contributed by atoms with Crippen LogP contribution in [-0.2, 0) is 29.1 Å². The van der Waals surface area contributed by atoms with Crippen LogP contribution in [0.3, 0.4) is 0 Å². The van der Waals surface area contributed by atoms with Crippen LogP contribution >= 0.6 is 23.1 Å². The lowest BCUT2D eigenvalue weighted by Crippen LogP contribution is -2.21. The number of amides is 2. The van der Waals surface area contributed by atoms with E-state index in [1.54, 1.807) is 27.1 Å². The first kappa shape index (κ1) is 28.9. The molecule has 0 aliphatic rings. The molecule has 0 spiro atoms. The van der Waals surface area contributed by atoms with Gasteiger partial charge in [-0.1, -0.05) is 36.9 Å². The average molecular weight is 558 g/mol. The molecule has 0 aliphatic heterocycles. The predicted octanol–water partition coefficient (Wildman–Crippen LogP) is 4.19. The van der Waals surface area contributed by atoms with Crippen LogP contribution in [0.15, 0.2) is 42.1 Å². The number of methoxy groups -OCH3 is 1. The number of nitrogens with one attached hydrogen (secondary N) is 1. The SMILES string of the molecule is C=CCn1c(COc2ccc(CC)cc2)nnc1SCC(=O)Nc1sc(C(=O)N(C)C)c(C)c1C(=O)OC. The van der Waals surface area contributed by atoms with Gasteiger partial charge in [-0.05, 0) is 36.6 Å². The number of anilines is 1. The van der Waals surface area contributed by atoms with E-state index in [1.807, 2.05) is 28.8 Å². The molecule has 0 atom stereocenters. The number of ether oxygens (including phenoxy) is 2. The molecule has 0 bridgehead atoms. The Bertz CT molecular complexity index is 1310. The molecule has 0 saturated carbocycles. The van der Waals surface area contributed by atoms with Crippen molar-refractivity contribution in [1.82, 2.24) is 19.7 Å². The van der Waals surface area contributed by atoms with E-state index in [2.05, 4.69) is 29.0 Å². The maximum atomic E-state index is 12.8. The summed E-state index contributed by atoms with van der Waals surface area (Å²) in [4.78, 5) is 39.5. The molecule has 0 radical (unpaired) electrons. The summed E-state index contributed by atoms with van der Waals surface area (Å²) < 4.78 is 12.6. The topological polar surface area (TPSA) is 116 Å². The van der Waals surface area contributed by atoms with Crippen LogP contribution in [-0.4, -0.2) is 64.4 Å². The Labute approximate surface area is 230 Å². The van der Waals surface area contributed by atoms with Crippen LogP contribution in [0.2, 0.25) is 0 Å². The molecule has 1 N–H and O–H groups in total. The van der Waals surface area contributed by atoms with Gasteiger partial charge in [-0.25, -0.2) is 4.79 Å². The third-order valence-corrected chi connectivity index (χ3v) is 7.69. The minimum absolute atomic E-state index is 0.00311. The lowest BCUT2D eigenvalue weighted by molar-refractivity contribution is -0.113. The summed E-state index contributed by atoms with van der Waals surface area (Å²) in [5.41, 5.74) is 1.85. The van der Waals surface area contributed by atoms with Crippen molar-refractivity contribution in [3.63, 3.8) is 0 Å². The molecule has 2 heterocycles. The number of benzene rings is 1. The van der Waals surface area contributed by atoms with Crippen LogP contribution in [0.25, 0.3) is 0 Å². The zero-order chi connectivity index (χ0) is 27.8. The number of thiophene rings is 1. The standard InChI is InChI=1S/C26H31N5O5S2/c1-7-13-31-19(14-36-18-11-9-17(8-2)10-12-18)28-29-26(31)37-15-20(32)27-23-21(25(34)35-6)16(3)22(38-23)24(33)30(4)5/h7,9-12H,1,8,13-15H2,2-6H3,(H,27,32). The maximum absolute atomic E-state index is 12.8. The van der Waals surface area contributed by atoms with E-state index in [4.69, 9.17) is 9.47 Å². The Morgan fingerprint density at radius 3 is 2.53 bits per heavy atom. The fourth-order valence-corrected chi connectivity index (χ4v) is 5.46. The molecule has 0 fully saturated rings. The number of esters is 1. The first-order valence-corrected chi connectivity index (χ1v) is 13.6. The lowest BCUT2D eigenvalue weighted by atomic mass is 10.1. The normalized spacial score (nSPS) is 10.7. The number of aromatic nitrogens is 3. The van der Waals surface area contributed by atoms with Gasteiger partial charge in [-0.3, -0.25) is 14.2 Å². The van der Waals surface area contributed by atoms with Gasteiger partial charge in [0.25, 0.3) is 5.91 Å². The van der Waals surface area contributed by atoms with Crippen LogP contribution < -0.4 is 10.1 Å². The summed E-state index contributed by atoms with van der Waals surface area (Å²) in [6.07, 6.45) is 2.67. The fraction of sp³-hybridized carbons (Fsp3) is 0.346. The minimum atomic E-state index is -0.626. The van der Waals surface area contributed by atoms with Crippen molar-refractivity contribution in [1.29, 1.82) is 0 Å². The Hall–Kier alpha value is -3.64.